The van der Waals surface area contributed by atoms with E-state index in [0.29, 0.717) is 23.6 Å². The lowest BCUT2D eigenvalue weighted by Crippen LogP contribution is -2.56. The molecule has 1 aromatic rings. The molecule has 9 heteroatoms. The fourth-order valence-electron chi connectivity index (χ4n) is 6.24. The van der Waals surface area contributed by atoms with Gasteiger partial charge >= 0.3 is 5.97 Å². The second-order valence-corrected chi connectivity index (χ2v) is 9.90. The number of para-hydroxylation sites is 1. The van der Waals surface area contributed by atoms with Crippen LogP contribution in [0.1, 0.15) is 25.3 Å². The van der Waals surface area contributed by atoms with Crippen LogP contribution in [0.3, 0.4) is 0 Å². The quantitative estimate of drug-likeness (QED) is 0.504. The number of carbonyl (C=O) groups is 3. The minimum atomic E-state index is -1.39. The van der Waals surface area contributed by atoms with Crippen LogP contribution in [0.5, 0.6) is 0 Å². The Kier molecular flexibility index (Phi) is 6.02. The van der Waals surface area contributed by atoms with E-state index in [1.165, 1.54) is 4.90 Å². The molecule has 0 aromatic heterocycles. The van der Waals surface area contributed by atoms with Gasteiger partial charge in [0.15, 0.2) is 0 Å². The van der Waals surface area contributed by atoms with Gasteiger partial charge in [-0.25, -0.2) is 0 Å². The van der Waals surface area contributed by atoms with Gasteiger partial charge in [-0.15, -0.1) is 0 Å². The summed E-state index contributed by atoms with van der Waals surface area (Å²) >= 11 is 6.52. The predicted molar refractivity (Wildman–Crippen MR) is 129 cm³/mol. The average molecular weight is 501 g/mol. The summed E-state index contributed by atoms with van der Waals surface area (Å²) in [4.78, 5) is 44.4. The first kappa shape index (κ1) is 24.0. The number of aliphatic hydroxyl groups is 1. The zero-order valence-electron chi connectivity index (χ0n) is 19.8. The van der Waals surface area contributed by atoms with E-state index in [0.717, 1.165) is 5.56 Å². The number of nitrogens with zero attached hydrogens (tertiary/aromatic N) is 2. The number of amides is 2. The lowest BCUT2D eigenvalue weighted by molar-refractivity contribution is -0.160. The fraction of sp³-hybridized carbons (Fsp3) is 0.500. The van der Waals surface area contributed by atoms with E-state index in [1.54, 1.807) is 23.1 Å². The van der Waals surface area contributed by atoms with Crippen LogP contribution in [0.4, 0.5) is 5.69 Å². The third-order valence-corrected chi connectivity index (χ3v) is 8.01. The summed E-state index contributed by atoms with van der Waals surface area (Å²) in [6.07, 6.45) is 8.32. The summed E-state index contributed by atoms with van der Waals surface area (Å²) in [7, 11) is 0. The van der Waals surface area contributed by atoms with Crippen molar-refractivity contribution in [3.8, 4) is 0 Å². The number of benzene rings is 1. The highest BCUT2D eigenvalue weighted by molar-refractivity contribution is 6.34. The largest absolute Gasteiger partial charge is 0.465 e. The zero-order valence-corrected chi connectivity index (χ0v) is 20.5. The number of cyclic esters (lactones) is 1. The summed E-state index contributed by atoms with van der Waals surface area (Å²) in [5.41, 5.74) is -1.09. The van der Waals surface area contributed by atoms with Crippen LogP contribution in [0.15, 0.2) is 42.5 Å². The molecule has 0 radical (unpaired) electrons. The van der Waals surface area contributed by atoms with E-state index in [9.17, 15) is 19.5 Å². The third kappa shape index (κ3) is 3.37. The molecule has 1 spiro atoms. The Morgan fingerprint density at radius 3 is 2.66 bits per heavy atom. The highest BCUT2D eigenvalue weighted by Crippen LogP contribution is 2.58. The number of hydrogen-bond donors (Lipinski definition) is 1. The average Bonchev–Trinajstić information content (AvgIpc) is 3.16. The molecule has 4 aliphatic rings. The fourth-order valence-corrected chi connectivity index (χ4v) is 6.57. The molecule has 186 valence electrons. The van der Waals surface area contributed by atoms with Gasteiger partial charge in [-0.2, -0.15) is 0 Å². The van der Waals surface area contributed by atoms with Crippen molar-refractivity contribution in [1.29, 1.82) is 0 Å². The van der Waals surface area contributed by atoms with Crippen molar-refractivity contribution in [3.05, 3.63) is 53.1 Å². The van der Waals surface area contributed by atoms with Crippen LogP contribution in [0, 0.1) is 18.8 Å². The van der Waals surface area contributed by atoms with Crippen LogP contribution in [0.2, 0.25) is 5.02 Å². The Morgan fingerprint density at radius 1 is 1.14 bits per heavy atom. The van der Waals surface area contributed by atoms with Crippen molar-refractivity contribution < 1.29 is 29.0 Å². The molecule has 1 aromatic carbocycles. The van der Waals surface area contributed by atoms with Crippen molar-refractivity contribution in [3.63, 3.8) is 0 Å². The first-order chi connectivity index (χ1) is 16.8. The van der Waals surface area contributed by atoms with E-state index < -0.39 is 41.0 Å². The van der Waals surface area contributed by atoms with Gasteiger partial charge in [0.1, 0.15) is 23.2 Å². The molecule has 4 aliphatic heterocycles. The smallest absolute Gasteiger partial charge is 0.313 e. The molecule has 5 rings (SSSR count). The summed E-state index contributed by atoms with van der Waals surface area (Å²) in [5.74, 6) is -3.13. The summed E-state index contributed by atoms with van der Waals surface area (Å²) in [5, 5.41) is 10.2. The molecular weight excluding hydrogens is 472 g/mol. The monoisotopic (exact) mass is 500 g/mol. The molecule has 2 amide bonds. The lowest BCUT2D eigenvalue weighted by atomic mass is 9.73. The Bertz CT molecular complexity index is 1110. The van der Waals surface area contributed by atoms with Gasteiger partial charge in [0.2, 0.25) is 5.91 Å². The molecule has 5 atom stereocenters. The third-order valence-electron chi connectivity index (χ3n) is 7.70. The summed E-state index contributed by atoms with van der Waals surface area (Å²) in [6, 6.07) is 4.33. The van der Waals surface area contributed by atoms with Gasteiger partial charge in [-0.3, -0.25) is 14.4 Å². The minimum absolute atomic E-state index is 0.0588. The van der Waals surface area contributed by atoms with E-state index in [1.807, 2.05) is 38.1 Å². The number of β-amino-alcohol motifs (C(OH)–C–C–N with tert-alkyl or cyclic N) is 1. The maximum atomic E-state index is 14.3. The minimum Gasteiger partial charge on any atom is -0.465 e. The van der Waals surface area contributed by atoms with Crippen molar-refractivity contribution in [2.75, 3.05) is 31.2 Å². The van der Waals surface area contributed by atoms with Gasteiger partial charge in [-0.05, 0) is 31.4 Å². The van der Waals surface area contributed by atoms with Crippen molar-refractivity contribution in [1.82, 2.24) is 4.90 Å². The Hall–Kier alpha value is -2.68. The van der Waals surface area contributed by atoms with Crippen LogP contribution in [-0.2, 0) is 23.9 Å². The molecule has 4 heterocycles. The van der Waals surface area contributed by atoms with Crippen molar-refractivity contribution in [2.24, 2.45) is 11.8 Å². The second kappa shape index (κ2) is 8.76. The number of likely N-dealkylation sites (tertiary alicyclic amines) is 1. The molecule has 0 bridgehead atoms. The Labute approximate surface area is 209 Å². The van der Waals surface area contributed by atoms with Gasteiger partial charge < -0.3 is 24.4 Å². The highest BCUT2D eigenvalue weighted by atomic mass is 35.5. The predicted octanol–water partition coefficient (Wildman–Crippen LogP) is 2.41. The first-order valence-electron chi connectivity index (χ1n) is 12.0. The maximum absolute atomic E-state index is 14.3. The lowest BCUT2D eigenvalue weighted by Gasteiger charge is -2.38. The number of anilines is 1. The normalized spacial score (nSPS) is 34.2. The molecule has 1 unspecified atom stereocenters. The Balaban J connectivity index is 1.69. The van der Waals surface area contributed by atoms with E-state index in [2.05, 4.69) is 0 Å². The highest BCUT2D eigenvalue weighted by Gasteiger charge is 2.75. The van der Waals surface area contributed by atoms with Crippen LogP contribution < -0.4 is 4.90 Å². The molecular formula is C26H29ClN2O6. The van der Waals surface area contributed by atoms with E-state index >= 15 is 0 Å². The van der Waals surface area contributed by atoms with Gasteiger partial charge in [-0.1, -0.05) is 55.0 Å². The zero-order chi connectivity index (χ0) is 25.0. The number of aryl methyl sites for hydroxylation is 1. The number of hydrogen-bond acceptors (Lipinski definition) is 6. The van der Waals surface area contributed by atoms with Gasteiger partial charge in [0, 0.05) is 13.1 Å². The standard InChI is InChI=1S/C26H29ClN2O6/c1-3-25-10-4-5-15-34-24(33)19(25)18-22(31)29(13-14-30)21-23(32)28(12-7-11-26(18,21)35-25)20-16(2)8-6-9-17(20)27/h4,6-11,18-19,21,30H,3,5,12-15H2,1-2H3/t18-,19-,21?,25+,26-/m0/s1. The molecule has 35 heavy (non-hydrogen) atoms. The van der Waals surface area contributed by atoms with Gasteiger partial charge in [0.05, 0.1) is 29.8 Å². The molecule has 1 N–H and O–H groups in total. The molecule has 2 fully saturated rings. The van der Waals surface area contributed by atoms with E-state index in [-0.39, 0.29) is 32.2 Å². The number of rotatable bonds is 4. The maximum Gasteiger partial charge on any atom is 0.313 e. The SMILES string of the molecule is CC[C@@]12C=CCCOC(=O)[C@@H]1[C@H]1C(=O)N(CCO)C3C(=O)N(c4c(C)cccc4Cl)CC=C[C@@]31O2. The summed E-state index contributed by atoms with van der Waals surface area (Å²) < 4.78 is 12.3. The van der Waals surface area contributed by atoms with Crippen molar-refractivity contribution >= 4 is 35.1 Å². The molecule has 8 nitrogen and oxygen atoms in total. The van der Waals surface area contributed by atoms with E-state index in [4.69, 9.17) is 21.1 Å². The van der Waals surface area contributed by atoms with Gasteiger partial charge in [0.25, 0.3) is 5.91 Å². The second-order valence-electron chi connectivity index (χ2n) is 9.49. The number of esters is 1. The first-order valence-corrected chi connectivity index (χ1v) is 12.4. The Morgan fingerprint density at radius 2 is 1.94 bits per heavy atom. The number of ether oxygens (including phenoxy) is 2. The van der Waals surface area contributed by atoms with Crippen LogP contribution in [0.25, 0.3) is 0 Å². The van der Waals surface area contributed by atoms with Crippen LogP contribution >= 0.6 is 11.6 Å². The molecule has 0 saturated carbocycles. The molecule has 0 aliphatic carbocycles. The number of carbonyl (C=O) groups excluding carboxylic acids is 3. The van der Waals surface area contributed by atoms with Crippen LogP contribution in [-0.4, -0.2) is 71.3 Å². The number of aliphatic hydroxyl groups excluding tert-OH is 1. The van der Waals surface area contributed by atoms with Crippen molar-refractivity contribution in [2.45, 2.75) is 43.9 Å². The summed E-state index contributed by atoms with van der Waals surface area (Å²) in [6.45, 7) is 3.82. The topological polar surface area (TPSA) is 96.4 Å². The number of halogens is 1. The number of fused-ring (bicyclic) bond motifs is 2. The molecule has 2 saturated heterocycles.